The molecule has 0 radical (unpaired) electrons. The Labute approximate surface area is 130 Å². The number of benzene rings is 1. The topological polar surface area (TPSA) is 9.23 Å². The van der Waals surface area contributed by atoms with Crippen LogP contribution in [0, 0.1) is 5.92 Å². The average Bonchev–Trinajstić information content (AvgIpc) is 2.27. The lowest BCUT2D eigenvalue weighted by Crippen LogP contribution is -2.14. The Morgan fingerprint density at radius 3 is 2.25 bits per heavy atom. The molecule has 0 amide bonds. The van der Waals surface area contributed by atoms with E-state index >= 15 is 0 Å². The maximum atomic E-state index is 5.83. The van der Waals surface area contributed by atoms with E-state index in [4.69, 9.17) is 4.74 Å². The van der Waals surface area contributed by atoms with Crippen molar-refractivity contribution in [3.8, 4) is 5.75 Å². The number of para-hydroxylation sites is 1. The minimum Gasteiger partial charge on any atom is -0.491 e. The molecule has 1 atom stereocenters. The van der Waals surface area contributed by atoms with Crippen molar-refractivity contribution in [3.05, 3.63) is 27.1 Å². The van der Waals surface area contributed by atoms with Gasteiger partial charge in [-0.2, -0.15) is 0 Å². The van der Waals surface area contributed by atoms with Gasteiger partial charge in [0.2, 0.25) is 0 Å². The summed E-state index contributed by atoms with van der Waals surface area (Å²) < 4.78 is 7.79. The molecule has 0 aliphatic carbocycles. The summed E-state index contributed by atoms with van der Waals surface area (Å²) in [6, 6.07) is 5.93. The van der Waals surface area contributed by atoms with Gasteiger partial charge in [-0.15, -0.1) is 0 Å². The minimum absolute atomic E-state index is 0.526. The average molecular weight is 480 g/mol. The molecule has 5 heteroatoms. The van der Waals surface area contributed by atoms with Crippen LogP contribution in [0.15, 0.2) is 27.1 Å². The monoisotopic (exact) mass is 476 g/mol. The number of hydrogen-bond donors (Lipinski definition) is 0. The number of ether oxygens (including phenoxy) is 1. The normalized spacial score (nSPS) is 12.5. The van der Waals surface area contributed by atoms with Crippen molar-refractivity contribution in [3.63, 3.8) is 0 Å². The Hall–Kier alpha value is 0.940. The van der Waals surface area contributed by atoms with Crippen LogP contribution >= 0.6 is 63.7 Å². The quantitative estimate of drug-likeness (QED) is 0.497. The van der Waals surface area contributed by atoms with Crippen LogP contribution in [0.3, 0.4) is 0 Å². The minimum atomic E-state index is 0.526. The molecule has 0 spiro atoms. The Kier molecular flexibility index (Phi) is 7.61. The van der Waals surface area contributed by atoms with Crippen molar-refractivity contribution in [2.75, 3.05) is 17.3 Å². The lowest BCUT2D eigenvalue weighted by molar-refractivity contribution is 0.258. The van der Waals surface area contributed by atoms with Crippen molar-refractivity contribution in [2.24, 2.45) is 5.92 Å². The van der Waals surface area contributed by atoms with Gasteiger partial charge < -0.3 is 4.74 Å². The lowest BCUT2D eigenvalue weighted by atomic mass is 10.1. The van der Waals surface area contributed by atoms with Crippen LogP contribution in [0.2, 0.25) is 0 Å². The van der Waals surface area contributed by atoms with E-state index in [2.05, 4.69) is 63.7 Å². The number of alkyl halides is 2. The zero-order valence-electron chi connectivity index (χ0n) is 8.56. The second-order valence-corrected chi connectivity index (χ2v) is 6.51. The molecule has 0 bridgehead atoms. The molecule has 0 aliphatic heterocycles. The first kappa shape index (κ1) is 15.0. The number of halogens is 4. The predicted molar refractivity (Wildman–Crippen MR) is 83.0 cm³/mol. The summed E-state index contributed by atoms with van der Waals surface area (Å²) in [6.07, 6.45) is 1.10. The zero-order chi connectivity index (χ0) is 12.0. The van der Waals surface area contributed by atoms with Crippen molar-refractivity contribution in [1.29, 1.82) is 0 Å². The molecule has 1 nitrogen and oxygen atoms in total. The van der Waals surface area contributed by atoms with Crippen molar-refractivity contribution >= 4 is 63.7 Å². The molecule has 1 aromatic rings. The van der Waals surface area contributed by atoms with E-state index in [1.54, 1.807) is 0 Å². The molecule has 0 saturated carbocycles. The van der Waals surface area contributed by atoms with E-state index in [0.717, 1.165) is 38.4 Å². The second-order valence-electron chi connectivity index (χ2n) is 3.36. The van der Waals surface area contributed by atoms with E-state index in [-0.39, 0.29) is 0 Å². The maximum absolute atomic E-state index is 5.83. The van der Waals surface area contributed by atoms with E-state index in [9.17, 15) is 0 Å². The van der Waals surface area contributed by atoms with Crippen molar-refractivity contribution in [2.45, 2.75) is 6.42 Å². The molecule has 0 aromatic heterocycles. The molecule has 0 heterocycles. The van der Waals surface area contributed by atoms with Gasteiger partial charge >= 0.3 is 0 Å². The van der Waals surface area contributed by atoms with Crippen molar-refractivity contribution < 1.29 is 4.74 Å². The highest BCUT2D eigenvalue weighted by Gasteiger charge is 2.10. The van der Waals surface area contributed by atoms with Gasteiger partial charge in [-0.25, -0.2) is 0 Å². The Bertz CT molecular complexity index is 310. The first-order valence-corrected chi connectivity index (χ1v) is 8.70. The van der Waals surface area contributed by atoms with Crippen LogP contribution < -0.4 is 4.74 Å². The van der Waals surface area contributed by atoms with Crippen LogP contribution in [-0.2, 0) is 0 Å². The molecular weight excluding hydrogens is 468 g/mol. The molecule has 90 valence electrons. The highest BCUT2D eigenvalue weighted by molar-refractivity contribution is 9.11. The Morgan fingerprint density at radius 2 is 1.75 bits per heavy atom. The van der Waals surface area contributed by atoms with Crippen LogP contribution in [0.1, 0.15) is 6.42 Å². The smallest absolute Gasteiger partial charge is 0.147 e. The van der Waals surface area contributed by atoms with Gasteiger partial charge in [0, 0.05) is 16.6 Å². The summed E-state index contributed by atoms with van der Waals surface area (Å²) in [5.41, 5.74) is 0. The highest BCUT2D eigenvalue weighted by Crippen LogP contribution is 2.33. The molecule has 1 rings (SSSR count). The summed E-state index contributed by atoms with van der Waals surface area (Å²) in [5.74, 6) is 1.40. The SMILES string of the molecule is BrCCC(CBr)COc1c(Br)cccc1Br. The summed E-state index contributed by atoms with van der Waals surface area (Å²) in [6.45, 7) is 0.720. The van der Waals surface area contributed by atoms with Crippen LogP contribution in [0.25, 0.3) is 0 Å². The van der Waals surface area contributed by atoms with Gasteiger partial charge in [0.1, 0.15) is 5.75 Å². The third-order valence-corrected chi connectivity index (χ3v) is 4.74. The van der Waals surface area contributed by atoms with Gasteiger partial charge in [0.15, 0.2) is 0 Å². The summed E-state index contributed by atoms with van der Waals surface area (Å²) in [7, 11) is 0. The fourth-order valence-corrected chi connectivity index (χ4v) is 3.57. The maximum Gasteiger partial charge on any atom is 0.147 e. The van der Waals surface area contributed by atoms with Gasteiger partial charge in [-0.1, -0.05) is 37.9 Å². The van der Waals surface area contributed by atoms with E-state index in [1.165, 1.54) is 0 Å². The second kappa shape index (κ2) is 8.11. The predicted octanol–water partition coefficient (Wildman–Crippen LogP) is 5.39. The molecule has 16 heavy (non-hydrogen) atoms. The fourth-order valence-electron chi connectivity index (χ4n) is 1.18. The van der Waals surface area contributed by atoms with Crippen molar-refractivity contribution in [1.82, 2.24) is 0 Å². The molecule has 0 saturated heterocycles. The fraction of sp³-hybridized carbons (Fsp3) is 0.455. The number of rotatable bonds is 6. The van der Waals surface area contributed by atoms with E-state index < -0.39 is 0 Å². The van der Waals surface area contributed by atoms with Gasteiger partial charge in [0.25, 0.3) is 0 Å². The third-order valence-electron chi connectivity index (χ3n) is 2.12. The lowest BCUT2D eigenvalue weighted by Gasteiger charge is -2.15. The Morgan fingerprint density at radius 1 is 1.12 bits per heavy atom. The molecule has 0 N–H and O–H groups in total. The van der Waals surface area contributed by atoms with Crippen LogP contribution in [-0.4, -0.2) is 17.3 Å². The third kappa shape index (κ3) is 4.67. The molecule has 0 aliphatic rings. The van der Waals surface area contributed by atoms with Gasteiger partial charge in [-0.05, 0) is 50.4 Å². The molecule has 0 fully saturated rings. The largest absolute Gasteiger partial charge is 0.491 e. The van der Waals surface area contributed by atoms with Gasteiger partial charge in [-0.3, -0.25) is 0 Å². The summed E-state index contributed by atoms with van der Waals surface area (Å²) >= 11 is 13.9. The first-order valence-electron chi connectivity index (χ1n) is 4.87. The Balaban J connectivity index is 2.59. The zero-order valence-corrected chi connectivity index (χ0v) is 14.9. The molecular formula is C11H12Br4O. The number of hydrogen-bond acceptors (Lipinski definition) is 1. The summed E-state index contributed by atoms with van der Waals surface area (Å²) in [5, 5.41) is 1.96. The standard InChI is InChI=1S/C11H12Br4O/c12-5-4-8(6-13)7-16-11-9(14)2-1-3-10(11)15/h1-3,8H,4-7H2. The van der Waals surface area contributed by atoms with Gasteiger partial charge in [0.05, 0.1) is 15.6 Å². The van der Waals surface area contributed by atoms with E-state index in [1.807, 2.05) is 18.2 Å². The van der Waals surface area contributed by atoms with E-state index in [0.29, 0.717) is 5.92 Å². The summed E-state index contributed by atoms with van der Waals surface area (Å²) in [4.78, 5) is 0. The van der Waals surface area contributed by atoms with Crippen LogP contribution in [0.5, 0.6) is 5.75 Å². The first-order chi connectivity index (χ1) is 7.69. The highest BCUT2D eigenvalue weighted by atomic mass is 79.9. The molecule has 1 aromatic carbocycles. The van der Waals surface area contributed by atoms with Crippen LogP contribution in [0.4, 0.5) is 0 Å². The molecule has 1 unspecified atom stereocenters.